The molecule has 4 nitrogen and oxygen atoms in total. The van der Waals surface area contributed by atoms with E-state index in [0.29, 0.717) is 12.6 Å². The van der Waals surface area contributed by atoms with Gasteiger partial charge in [-0.25, -0.2) is 8.42 Å². The molecule has 0 bridgehead atoms. The summed E-state index contributed by atoms with van der Waals surface area (Å²) in [4.78, 5) is 0. The highest BCUT2D eigenvalue weighted by Crippen LogP contribution is 2.26. The molecule has 0 aliphatic carbocycles. The summed E-state index contributed by atoms with van der Waals surface area (Å²) < 4.78 is 23.4. The van der Waals surface area contributed by atoms with Crippen LogP contribution in [-0.4, -0.2) is 44.2 Å². The van der Waals surface area contributed by atoms with Crippen LogP contribution < -0.4 is 5.32 Å². The van der Waals surface area contributed by atoms with Gasteiger partial charge in [-0.15, -0.1) is 0 Å². The van der Waals surface area contributed by atoms with Gasteiger partial charge in [-0.05, 0) is 0 Å². The van der Waals surface area contributed by atoms with E-state index in [1.165, 1.54) is 6.26 Å². The largest absolute Gasteiger partial charge is 0.309 e. The van der Waals surface area contributed by atoms with Crippen LogP contribution in [0, 0.1) is 0 Å². The number of rotatable bonds is 1. The van der Waals surface area contributed by atoms with Gasteiger partial charge in [0.15, 0.2) is 0 Å². The Balaban J connectivity index is 2.11. The summed E-state index contributed by atoms with van der Waals surface area (Å²) in [6.45, 7) is 1.50. The van der Waals surface area contributed by atoms with Gasteiger partial charge in [-0.1, -0.05) is 0 Å². The Kier molecular flexibility index (Phi) is 1.13. The third-order valence-electron chi connectivity index (χ3n) is 2.23. The topological polar surface area (TPSA) is 49.4 Å². The Labute approximate surface area is 60.3 Å². The standard InChI is InChI=1S/C5H10N2O2S/c1-10(8,9)7-3-4-5(7)2-6-4/h4-6H,2-3H2,1H3. The number of nitrogens with zero attached hydrogens (tertiary/aromatic N) is 1. The highest BCUT2D eigenvalue weighted by Gasteiger charge is 2.49. The van der Waals surface area contributed by atoms with Crippen molar-refractivity contribution >= 4 is 10.0 Å². The van der Waals surface area contributed by atoms with Crippen molar-refractivity contribution in [1.82, 2.24) is 9.62 Å². The molecule has 2 aliphatic heterocycles. The van der Waals surface area contributed by atoms with Gasteiger partial charge in [0.1, 0.15) is 0 Å². The van der Waals surface area contributed by atoms with Crippen LogP contribution in [0.3, 0.4) is 0 Å². The van der Waals surface area contributed by atoms with Gasteiger partial charge in [0.25, 0.3) is 0 Å². The maximum Gasteiger partial charge on any atom is 0.211 e. The number of nitrogens with one attached hydrogen (secondary N) is 1. The highest BCUT2D eigenvalue weighted by molar-refractivity contribution is 7.88. The SMILES string of the molecule is CS(=O)(=O)N1CC2NCC21. The molecule has 2 unspecified atom stereocenters. The Hall–Kier alpha value is -0.130. The maximum atomic E-state index is 10.9. The van der Waals surface area contributed by atoms with E-state index < -0.39 is 10.0 Å². The van der Waals surface area contributed by atoms with Crippen molar-refractivity contribution in [2.24, 2.45) is 0 Å². The fraction of sp³-hybridized carbons (Fsp3) is 1.00. The summed E-state index contributed by atoms with van der Waals surface area (Å²) in [5.41, 5.74) is 0. The lowest BCUT2D eigenvalue weighted by molar-refractivity contribution is 0.0575. The quantitative estimate of drug-likeness (QED) is 0.516. The molecule has 2 aliphatic rings. The Bertz CT molecular complexity index is 248. The minimum atomic E-state index is -2.90. The van der Waals surface area contributed by atoms with Gasteiger partial charge in [0.05, 0.1) is 12.3 Å². The fourth-order valence-corrected chi connectivity index (χ4v) is 2.60. The van der Waals surface area contributed by atoms with Crippen LogP contribution in [0.15, 0.2) is 0 Å². The van der Waals surface area contributed by atoms with Crippen molar-refractivity contribution in [3.05, 3.63) is 0 Å². The zero-order chi connectivity index (χ0) is 7.35. The van der Waals surface area contributed by atoms with Crippen molar-refractivity contribution < 1.29 is 8.42 Å². The molecule has 0 amide bonds. The number of fused-ring (bicyclic) bond motifs is 1. The average molecular weight is 162 g/mol. The van der Waals surface area contributed by atoms with Crippen molar-refractivity contribution in [3.63, 3.8) is 0 Å². The van der Waals surface area contributed by atoms with E-state index in [4.69, 9.17) is 0 Å². The van der Waals surface area contributed by atoms with E-state index in [9.17, 15) is 8.42 Å². The Morgan fingerprint density at radius 2 is 2.30 bits per heavy atom. The van der Waals surface area contributed by atoms with Crippen LogP contribution in [-0.2, 0) is 10.0 Å². The molecule has 2 saturated heterocycles. The molecule has 58 valence electrons. The normalized spacial score (nSPS) is 39.7. The van der Waals surface area contributed by atoms with Gasteiger partial charge in [-0.3, -0.25) is 0 Å². The maximum absolute atomic E-state index is 10.9. The Morgan fingerprint density at radius 3 is 2.40 bits per heavy atom. The average Bonchev–Trinajstić information content (AvgIpc) is 1.74. The van der Waals surface area contributed by atoms with Crippen molar-refractivity contribution in [3.8, 4) is 0 Å². The number of hydrogen-bond donors (Lipinski definition) is 1. The van der Waals surface area contributed by atoms with Gasteiger partial charge in [0.2, 0.25) is 10.0 Å². The van der Waals surface area contributed by atoms with Crippen molar-refractivity contribution in [2.45, 2.75) is 12.1 Å². The number of hydrogen-bond acceptors (Lipinski definition) is 3. The van der Waals surface area contributed by atoms with Crippen LogP contribution in [0.2, 0.25) is 0 Å². The molecule has 0 spiro atoms. The second kappa shape index (κ2) is 1.72. The lowest BCUT2D eigenvalue weighted by Crippen LogP contribution is -2.78. The van der Waals surface area contributed by atoms with Crippen LogP contribution >= 0.6 is 0 Å². The molecular formula is C5H10N2O2S. The third kappa shape index (κ3) is 0.710. The van der Waals surface area contributed by atoms with E-state index in [2.05, 4.69) is 5.32 Å². The van der Waals surface area contributed by atoms with Gasteiger partial charge >= 0.3 is 0 Å². The van der Waals surface area contributed by atoms with Gasteiger partial charge in [-0.2, -0.15) is 4.31 Å². The molecule has 0 aromatic heterocycles. The summed E-state index contributed by atoms with van der Waals surface area (Å²) in [5.74, 6) is 0. The summed E-state index contributed by atoms with van der Waals surface area (Å²) in [7, 11) is -2.90. The van der Waals surface area contributed by atoms with E-state index >= 15 is 0 Å². The summed E-state index contributed by atoms with van der Waals surface area (Å²) >= 11 is 0. The van der Waals surface area contributed by atoms with Gasteiger partial charge < -0.3 is 5.32 Å². The lowest BCUT2D eigenvalue weighted by Gasteiger charge is -2.54. The molecular weight excluding hydrogens is 152 g/mol. The first-order valence-corrected chi connectivity index (χ1v) is 5.14. The first kappa shape index (κ1) is 6.57. The molecule has 2 rings (SSSR count). The van der Waals surface area contributed by atoms with Crippen LogP contribution in [0.5, 0.6) is 0 Å². The molecule has 2 fully saturated rings. The molecule has 2 atom stereocenters. The number of sulfonamides is 1. The Morgan fingerprint density at radius 1 is 1.60 bits per heavy atom. The molecule has 0 aromatic rings. The van der Waals surface area contributed by atoms with Crippen molar-refractivity contribution in [2.75, 3.05) is 19.3 Å². The van der Waals surface area contributed by atoms with Crippen molar-refractivity contribution in [1.29, 1.82) is 0 Å². The zero-order valence-electron chi connectivity index (χ0n) is 5.74. The van der Waals surface area contributed by atoms with E-state index in [-0.39, 0.29) is 6.04 Å². The minimum absolute atomic E-state index is 0.273. The van der Waals surface area contributed by atoms with Gasteiger partial charge in [0, 0.05) is 19.1 Å². The summed E-state index contributed by atoms with van der Waals surface area (Å²) in [6, 6.07) is 0.727. The molecule has 5 heteroatoms. The second-order valence-electron chi connectivity index (χ2n) is 2.91. The van der Waals surface area contributed by atoms with E-state index in [1.807, 2.05) is 0 Å². The lowest BCUT2D eigenvalue weighted by atomic mass is 9.92. The predicted molar refractivity (Wildman–Crippen MR) is 37.1 cm³/mol. The molecule has 0 saturated carbocycles. The monoisotopic (exact) mass is 162 g/mol. The third-order valence-corrected chi connectivity index (χ3v) is 3.50. The first-order valence-electron chi connectivity index (χ1n) is 3.29. The van der Waals surface area contributed by atoms with E-state index in [0.717, 1.165) is 6.54 Å². The minimum Gasteiger partial charge on any atom is -0.309 e. The number of piperazine rings is 1. The predicted octanol–water partition coefficient (Wildman–Crippen LogP) is -1.40. The van der Waals surface area contributed by atoms with E-state index in [1.54, 1.807) is 4.31 Å². The molecule has 0 radical (unpaired) electrons. The molecule has 0 aromatic carbocycles. The first-order chi connectivity index (χ1) is 4.59. The second-order valence-corrected chi connectivity index (χ2v) is 4.85. The molecule has 1 N–H and O–H groups in total. The summed E-state index contributed by atoms with van der Waals surface area (Å²) in [6.07, 6.45) is 1.27. The van der Waals surface area contributed by atoms with Crippen LogP contribution in [0.25, 0.3) is 0 Å². The molecule has 2 heterocycles. The highest BCUT2D eigenvalue weighted by atomic mass is 32.2. The summed E-state index contributed by atoms with van der Waals surface area (Å²) in [5, 5.41) is 3.14. The zero-order valence-corrected chi connectivity index (χ0v) is 6.56. The van der Waals surface area contributed by atoms with Crippen LogP contribution in [0.1, 0.15) is 0 Å². The van der Waals surface area contributed by atoms with Crippen LogP contribution in [0.4, 0.5) is 0 Å². The molecule has 10 heavy (non-hydrogen) atoms. The fourth-order valence-electron chi connectivity index (χ4n) is 1.45. The smallest absolute Gasteiger partial charge is 0.211 e.